The van der Waals surface area contributed by atoms with Crippen LogP contribution in [0.2, 0.25) is 0 Å². The fourth-order valence-electron chi connectivity index (χ4n) is 3.52. The number of carbonyl (C=O) groups excluding carboxylic acids is 1. The predicted molar refractivity (Wildman–Crippen MR) is 92.6 cm³/mol. The highest BCUT2D eigenvalue weighted by Crippen LogP contribution is 2.15. The molecule has 6 nitrogen and oxygen atoms in total. The average molecular weight is 326 g/mol. The molecule has 2 rings (SSSR count). The largest absolute Gasteiger partial charge is 0.383 e. The number of piperidine rings is 1. The highest BCUT2D eigenvalue weighted by molar-refractivity contribution is 5.78. The summed E-state index contributed by atoms with van der Waals surface area (Å²) >= 11 is 0. The summed E-state index contributed by atoms with van der Waals surface area (Å²) in [5.41, 5.74) is 0. The second-order valence-electron chi connectivity index (χ2n) is 6.82. The zero-order valence-electron chi connectivity index (χ0n) is 14.9. The molecule has 2 fully saturated rings. The first-order valence-corrected chi connectivity index (χ1v) is 9.14. The topological polar surface area (TPSA) is 48.0 Å². The van der Waals surface area contributed by atoms with Gasteiger partial charge >= 0.3 is 0 Å². The minimum absolute atomic E-state index is 0.184. The van der Waals surface area contributed by atoms with Crippen LogP contribution in [0.5, 0.6) is 0 Å². The van der Waals surface area contributed by atoms with Gasteiger partial charge in [-0.2, -0.15) is 0 Å². The molecule has 6 heteroatoms. The molecular weight excluding hydrogens is 292 g/mol. The van der Waals surface area contributed by atoms with Gasteiger partial charge in [0.05, 0.1) is 13.2 Å². The first-order valence-electron chi connectivity index (χ1n) is 9.14. The lowest BCUT2D eigenvalue weighted by atomic mass is 9.98. The number of rotatable bonds is 8. The summed E-state index contributed by atoms with van der Waals surface area (Å²) in [6, 6.07) is 0. The Hall–Kier alpha value is -0.690. The van der Waals surface area contributed by atoms with E-state index in [4.69, 9.17) is 4.74 Å². The molecule has 0 aromatic rings. The van der Waals surface area contributed by atoms with E-state index in [1.807, 2.05) is 0 Å². The van der Waals surface area contributed by atoms with E-state index in [0.29, 0.717) is 12.5 Å². The van der Waals surface area contributed by atoms with E-state index in [1.165, 1.54) is 12.8 Å². The van der Waals surface area contributed by atoms with Crippen LogP contribution in [0.25, 0.3) is 0 Å². The number of nitrogens with one attached hydrogen (secondary N) is 1. The Morgan fingerprint density at radius 1 is 1.13 bits per heavy atom. The number of piperazine rings is 1. The van der Waals surface area contributed by atoms with Crippen LogP contribution in [-0.2, 0) is 9.53 Å². The van der Waals surface area contributed by atoms with Crippen LogP contribution in [0.15, 0.2) is 0 Å². The zero-order valence-corrected chi connectivity index (χ0v) is 14.9. The van der Waals surface area contributed by atoms with Crippen molar-refractivity contribution in [3.63, 3.8) is 0 Å². The van der Waals surface area contributed by atoms with Crippen molar-refractivity contribution in [2.24, 2.45) is 5.92 Å². The second kappa shape index (κ2) is 10.2. The summed E-state index contributed by atoms with van der Waals surface area (Å²) in [4.78, 5) is 19.3. The van der Waals surface area contributed by atoms with Crippen molar-refractivity contribution >= 4 is 5.91 Å². The number of likely N-dealkylation sites (N-methyl/N-ethyl adjacent to an activating group) is 1. The molecule has 1 unspecified atom stereocenters. The van der Waals surface area contributed by atoms with Gasteiger partial charge in [-0.1, -0.05) is 6.92 Å². The molecule has 0 bridgehead atoms. The minimum Gasteiger partial charge on any atom is -0.383 e. The molecule has 134 valence electrons. The Morgan fingerprint density at radius 3 is 2.57 bits per heavy atom. The number of methoxy groups -OCH3 is 1. The lowest BCUT2D eigenvalue weighted by molar-refractivity contribution is -0.122. The molecule has 1 N–H and O–H groups in total. The number of amides is 1. The zero-order chi connectivity index (χ0) is 16.5. The molecule has 0 aromatic carbocycles. The van der Waals surface area contributed by atoms with E-state index < -0.39 is 0 Å². The average Bonchev–Trinajstić information content (AvgIpc) is 2.59. The van der Waals surface area contributed by atoms with Crippen molar-refractivity contribution in [3.8, 4) is 0 Å². The van der Waals surface area contributed by atoms with Crippen molar-refractivity contribution in [1.29, 1.82) is 0 Å². The highest BCUT2D eigenvalue weighted by Gasteiger charge is 2.21. The third-order valence-corrected chi connectivity index (χ3v) is 5.08. The Kier molecular flexibility index (Phi) is 8.30. The second-order valence-corrected chi connectivity index (χ2v) is 6.82. The molecule has 0 aliphatic carbocycles. The third-order valence-electron chi connectivity index (χ3n) is 5.08. The molecule has 2 aliphatic rings. The molecule has 1 amide bonds. The van der Waals surface area contributed by atoms with Gasteiger partial charge in [-0.15, -0.1) is 0 Å². The molecule has 0 radical (unpaired) electrons. The number of likely N-dealkylation sites (tertiary alicyclic amines) is 1. The fraction of sp³-hybridized carbons (Fsp3) is 0.941. The van der Waals surface area contributed by atoms with Crippen LogP contribution in [0.3, 0.4) is 0 Å². The van der Waals surface area contributed by atoms with E-state index in [0.717, 1.165) is 65.5 Å². The summed E-state index contributed by atoms with van der Waals surface area (Å²) in [5.74, 6) is 0.769. The summed E-state index contributed by atoms with van der Waals surface area (Å²) in [6.45, 7) is 12.9. The Bertz CT molecular complexity index is 345. The fourth-order valence-corrected chi connectivity index (χ4v) is 3.52. The number of hydrogen-bond donors (Lipinski definition) is 1. The van der Waals surface area contributed by atoms with Gasteiger partial charge in [-0.3, -0.25) is 9.69 Å². The lowest BCUT2D eigenvalue weighted by Gasteiger charge is -2.34. The molecule has 0 aromatic heterocycles. The van der Waals surface area contributed by atoms with E-state index in [9.17, 15) is 4.79 Å². The standard InChI is InChI=1S/C17H34N4O2/c1-3-19-7-9-21(10-8-19)15-17(22)18-13-16-5-4-6-20(14-16)11-12-23-2/h16H,3-15H2,1-2H3,(H,18,22). The van der Waals surface area contributed by atoms with Crippen molar-refractivity contribution in [1.82, 2.24) is 20.0 Å². The molecular formula is C17H34N4O2. The predicted octanol–water partition coefficient (Wildman–Crippen LogP) is 0.0985. The van der Waals surface area contributed by atoms with E-state index in [2.05, 4.69) is 26.9 Å². The lowest BCUT2D eigenvalue weighted by Crippen LogP contribution is -2.50. The van der Waals surface area contributed by atoms with Crippen molar-refractivity contribution in [2.45, 2.75) is 19.8 Å². The monoisotopic (exact) mass is 326 g/mol. The molecule has 2 saturated heterocycles. The van der Waals surface area contributed by atoms with E-state index >= 15 is 0 Å². The Labute approximate surface area is 141 Å². The summed E-state index contributed by atoms with van der Waals surface area (Å²) < 4.78 is 5.16. The van der Waals surface area contributed by atoms with Crippen molar-refractivity contribution < 1.29 is 9.53 Å². The first kappa shape index (κ1) is 18.6. The third kappa shape index (κ3) is 6.75. The summed E-state index contributed by atoms with van der Waals surface area (Å²) in [7, 11) is 1.75. The normalized spacial score (nSPS) is 24.7. The Morgan fingerprint density at radius 2 is 1.87 bits per heavy atom. The van der Waals surface area contributed by atoms with E-state index in [-0.39, 0.29) is 5.91 Å². The molecule has 1 atom stereocenters. The molecule has 23 heavy (non-hydrogen) atoms. The van der Waals surface area contributed by atoms with Gasteiger partial charge in [0.15, 0.2) is 0 Å². The van der Waals surface area contributed by atoms with Gasteiger partial charge in [0.25, 0.3) is 0 Å². The van der Waals surface area contributed by atoms with Crippen LogP contribution in [0.4, 0.5) is 0 Å². The molecule has 0 spiro atoms. The van der Waals surface area contributed by atoms with Crippen molar-refractivity contribution in [2.75, 3.05) is 79.2 Å². The summed E-state index contributed by atoms with van der Waals surface area (Å²) in [5, 5.41) is 3.15. The highest BCUT2D eigenvalue weighted by atomic mass is 16.5. The summed E-state index contributed by atoms with van der Waals surface area (Å²) in [6.07, 6.45) is 2.45. The van der Waals surface area contributed by atoms with Gasteiger partial charge in [0, 0.05) is 52.9 Å². The van der Waals surface area contributed by atoms with Gasteiger partial charge in [0.2, 0.25) is 5.91 Å². The van der Waals surface area contributed by atoms with Gasteiger partial charge < -0.3 is 19.9 Å². The number of ether oxygens (including phenoxy) is 1. The number of hydrogen-bond acceptors (Lipinski definition) is 5. The van der Waals surface area contributed by atoms with Crippen LogP contribution >= 0.6 is 0 Å². The number of carbonyl (C=O) groups is 1. The smallest absolute Gasteiger partial charge is 0.234 e. The maximum absolute atomic E-state index is 12.2. The van der Waals surface area contributed by atoms with Crippen LogP contribution in [0.1, 0.15) is 19.8 Å². The maximum Gasteiger partial charge on any atom is 0.234 e. The van der Waals surface area contributed by atoms with Gasteiger partial charge in [0.1, 0.15) is 0 Å². The van der Waals surface area contributed by atoms with Crippen LogP contribution in [-0.4, -0.2) is 99.8 Å². The number of nitrogens with zero attached hydrogens (tertiary/aromatic N) is 3. The quantitative estimate of drug-likeness (QED) is 0.685. The molecule has 2 heterocycles. The van der Waals surface area contributed by atoms with Gasteiger partial charge in [-0.25, -0.2) is 0 Å². The van der Waals surface area contributed by atoms with Crippen molar-refractivity contribution in [3.05, 3.63) is 0 Å². The SMILES string of the molecule is CCN1CCN(CC(=O)NCC2CCCN(CCOC)C2)CC1. The maximum atomic E-state index is 12.2. The molecule has 2 aliphatic heterocycles. The molecule has 0 saturated carbocycles. The minimum atomic E-state index is 0.184. The van der Waals surface area contributed by atoms with Crippen LogP contribution < -0.4 is 5.32 Å². The van der Waals surface area contributed by atoms with Crippen LogP contribution in [0, 0.1) is 5.92 Å². The van der Waals surface area contributed by atoms with Gasteiger partial charge in [-0.05, 0) is 31.8 Å². The first-order chi connectivity index (χ1) is 11.2. The van der Waals surface area contributed by atoms with E-state index in [1.54, 1.807) is 7.11 Å². The Balaban J connectivity index is 1.60.